The topological polar surface area (TPSA) is 64.5 Å². The molecule has 0 aromatic carbocycles. The van der Waals surface area contributed by atoms with Crippen LogP contribution in [0.2, 0.25) is 0 Å². The van der Waals surface area contributed by atoms with Crippen LogP contribution in [0.25, 0.3) is 0 Å². The molecule has 0 bridgehead atoms. The van der Waals surface area contributed by atoms with Gasteiger partial charge in [-0.2, -0.15) is 0 Å². The van der Waals surface area contributed by atoms with E-state index in [9.17, 15) is 0 Å². The van der Waals surface area contributed by atoms with E-state index in [1.807, 2.05) is 0 Å². The Kier molecular flexibility index (Phi) is 6.28. The summed E-state index contributed by atoms with van der Waals surface area (Å²) in [5.74, 6) is 1.25. The molecule has 0 aromatic heterocycles. The number of hydrogen-bond acceptors (Lipinski definition) is 4. The van der Waals surface area contributed by atoms with Gasteiger partial charge in [-0.1, -0.05) is 6.92 Å². The third kappa shape index (κ3) is 4.01. The molecule has 4 heteroatoms. The van der Waals surface area contributed by atoms with Crippen LogP contribution < -0.4 is 11.5 Å². The zero-order chi connectivity index (χ0) is 12.0. The summed E-state index contributed by atoms with van der Waals surface area (Å²) in [6.45, 7) is 6.83. The maximum absolute atomic E-state index is 5.85. The standard InChI is InChI=1S/C12H27N3O/c1-10(9-16-2)8-15-4-3-11(6-13)5-12(15)7-14/h10-12H,3-9,13-14H2,1-2H3. The van der Waals surface area contributed by atoms with E-state index in [1.165, 1.54) is 6.42 Å². The summed E-state index contributed by atoms with van der Waals surface area (Å²) in [4.78, 5) is 2.51. The first-order valence-electron chi connectivity index (χ1n) is 6.34. The first-order valence-corrected chi connectivity index (χ1v) is 6.34. The Hall–Kier alpha value is -0.160. The van der Waals surface area contributed by atoms with Crippen molar-refractivity contribution in [1.82, 2.24) is 4.90 Å². The van der Waals surface area contributed by atoms with Crippen LogP contribution in [-0.4, -0.2) is 50.8 Å². The molecule has 3 unspecified atom stereocenters. The quantitative estimate of drug-likeness (QED) is 0.686. The molecule has 1 fully saturated rings. The van der Waals surface area contributed by atoms with Crippen LogP contribution in [0.3, 0.4) is 0 Å². The molecule has 0 aliphatic carbocycles. The van der Waals surface area contributed by atoms with Gasteiger partial charge in [-0.25, -0.2) is 0 Å². The number of ether oxygens (including phenoxy) is 1. The van der Waals surface area contributed by atoms with E-state index in [4.69, 9.17) is 16.2 Å². The zero-order valence-corrected chi connectivity index (χ0v) is 10.7. The number of nitrogens with two attached hydrogens (primary N) is 2. The third-order valence-corrected chi connectivity index (χ3v) is 3.55. The molecule has 1 heterocycles. The molecule has 4 nitrogen and oxygen atoms in total. The second kappa shape index (κ2) is 7.22. The lowest BCUT2D eigenvalue weighted by Crippen LogP contribution is -2.49. The second-order valence-electron chi connectivity index (χ2n) is 5.07. The van der Waals surface area contributed by atoms with Crippen LogP contribution in [0, 0.1) is 11.8 Å². The van der Waals surface area contributed by atoms with Crippen molar-refractivity contribution in [3.05, 3.63) is 0 Å². The van der Waals surface area contributed by atoms with E-state index in [1.54, 1.807) is 7.11 Å². The second-order valence-corrected chi connectivity index (χ2v) is 5.07. The Labute approximate surface area is 99.3 Å². The maximum atomic E-state index is 5.85. The molecule has 1 saturated heterocycles. The third-order valence-electron chi connectivity index (χ3n) is 3.55. The number of piperidine rings is 1. The molecule has 0 spiro atoms. The lowest BCUT2D eigenvalue weighted by molar-refractivity contribution is 0.0758. The number of hydrogen-bond donors (Lipinski definition) is 2. The summed E-state index contributed by atoms with van der Waals surface area (Å²) in [6.07, 6.45) is 2.37. The zero-order valence-electron chi connectivity index (χ0n) is 10.7. The van der Waals surface area contributed by atoms with Crippen LogP contribution in [0.4, 0.5) is 0 Å². The van der Waals surface area contributed by atoms with Crippen molar-refractivity contribution >= 4 is 0 Å². The normalized spacial score (nSPS) is 29.2. The summed E-state index contributed by atoms with van der Waals surface area (Å²) < 4.78 is 5.18. The molecule has 0 radical (unpaired) electrons. The summed E-state index contributed by atoms with van der Waals surface area (Å²) in [6, 6.07) is 0.515. The Morgan fingerprint density at radius 3 is 2.69 bits per heavy atom. The van der Waals surface area contributed by atoms with Crippen LogP contribution in [0.15, 0.2) is 0 Å². The van der Waals surface area contributed by atoms with Gasteiger partial charge in [0.25, 0.3) is 0 Å². The van der Waals surface area contributed by atoms with Gasteiger partial charge >= 0.3 is 0 Å². The monoisotopic (exact) mass is 229 g/mol. The summed E-state index contributed by atoms with van der Waals surface area (Å²) in [5, 5.41) is 0. The van der Waals surface area contributed by atoms with Gasteiger partial charge in [0.2, 0.25) is 0 Å². The van der Waals surface area contributed by atoms with E-state index in [0.717, 1.165) is 39.2 Å². The highest BCUT2D eigenvalue weighted by Crippen LogP contribution is 2.22. The Bertz CT molecular complexity index is 189. The van der Waals surface area contributed by atoms with Crippen molar-refractivity contribution in [3.8, 4) is 0 Å². The number of rotatable bonds is 6. The van der Waals surface area contributed by atoms with Crippen LogP contribution in [0.1, 0.15) is 19.8 Å². The van der Waals surface area contributed by atoms with Gasteiger partial charge in [-0.15, -0.1) is 0 Å². The molecule has 96 valence electrons. The molecule has 0 saturated carbocycles. The smallest absolute Gasteiger partial charge is 0.0500 e. The van der Waals surface area contributed by atoms with E-state index < -0.39 is 0 Å². The van der Waals surface area contributed by atoms with Gasteiger partial charge in [0, 0.05) is 32.8 Å². The highest BCUT2D eigenvalue weighted by molar-refractivity contribution is 4.83. The minimum absolute atomic E-state index is 0.515. The molecule has 0 aromatic rings. The lowest BCUT2D eigenvalue weighted by Gasteiger charge is -2.39. The minimum atomic E-state index is 0.515. The summed E-state index contributed by atoms with van der Waals surface area (Å²) >= 11 is 0. The maximum Gasteiger partial charge on any atom is 0.0500 e. The van der Waals surface area contributed by atoms with Gasteiger partial charge in [0.05, 0.1) is 0 Å². The molecule has 3 atom stereocenters. The van der Waals surface area contributed by atoms with E-state index in [0.29, 0.717) is 17.9 Å². The number of nitrogens with zero attached hydrogens (tertiary/aromatic N) is 1. The summed E-state index contributed by atoms with van der Waals surface area (Å²) in [5.41, 5.74) is 11.6. The molecule has 16 heavy (non-hydrogen) atoms. The van der Waals surface area contributed by atoms with E-state index in [2.05, 4.69) is 11.8 Å². The molecular weight excluding hydrogens is 202 g/mol. The largest absolute Gasteiger partial charge is 0.384 e. The first kappa shape index (κ1) is 13.9. The number of likely N-dealkylation sites (tertiary alicyclic amines) is 1. The van der Waals surface area contributed by atoms with Gasteiger partial charge in [0.1, 0.15) is 0 Å². The molecule has 4 N–H and O–H groups in total. The van der Waals surface area contributed by atoms with Crippen molar-refractivity contribution in [2.75, 3.05) is 39.9 Å². The van der Waals surface area contributed by atoms with Crippen molar-refractivity contribution in [3.63, 3.8) is 0 Å². The first-order chi connectivity index (χ1) is 7.71. The molecule has 1 rings (SSSR count). The SMILES string of the molecule is COCC(C)CN1CCC(CN)CC1CN. The molecule has 1 aliphatic heterocycles. The highest BCUT2D eigenvalue weighted by Gasteiger charge is 2.27. The predicted molar refractivity (Wildman–Crippen MR) is 67.2 cm³/mol. The fourth-order valence-electron chi connectivity index (χ4n) is 2.62. The van der Waals surface area contributed by atoms with Gasteiger partial charge in [-0.05, 0) is 37.8 Å². The Balaban J connectivity index is 2.40. The Morgan fingerprint density at radius 1 is 1.38 bits per heavy atom. The molecular formula is C12H27N3O. The fourth-order valence-corrected chi connectivity index (χ4v) is 2.62. The molecule has 1 aliphatic rings. The van der Waals surface area contributed by atoms with Crippen molar-refractivity contribution < 1.29 is 4.74 Å². The lowest BCUT2D eigenvalue weighted by atomic mass is 9.90. The van der Waals surface area contributed by atoms with Gasteiger partial charge < -0.3 is 16.2 Å². The fraction of sp³-hybridized carbons (Fsp3) is 1.00. The van der Waals surface area contributed by atoms with E-state index >= 15 is 0 Å². The average molecular weight is 229 g/mol. The van der Waals surface area contributed by atoms with Crippen LogP contribution in [0.5, 0.6) is 0 Å². The predicted octanol–water partition coefficient (Wildman–Crippen LogP) is 0.267. The number of methoxy groups -OCH3 is 1. The van der Waals surface area contributed by atoms with Gasteiger partial charge in [-0.3, -0.25) is 4.90 Å². The van der Waals surface area contributed by atoms with Crippen molar-refractivity contribution in [1.29, 1.82) is 0 Å². The Morgan fingerprint density at radius 2 is 2.12 bits per heavy atom. The minimum Gasteiger partial charge on any atom is -0.384 e. The average Bonchev–Trinajstić information content (AvgIpc) is 2.30. The molecule has 0 amide bonds. The van der Waals surface area contributed by atoms with Crippen LogP contribution in [-0.2, 0) is 4.74 Å². The van der Waals surface area contributed by atoms with Crippen molar-refractivity contribution in [2.24, 2.45) is 23.3 Å². The van der Waals surface area contributed by atoms with E-state index in [-0.39, 0.29) is 0 Å². The summed E-state index contributed by atoms with van der Waals surface area (Å²) in [7, 11) is 1.76. The van der Waals surface area contributed by atoms with Crippen LogP contribution >= 0.6 is 0 Å². The van der Waals surface area contributed by atoms with Crippen molar-refractivity contribution in [2.45, 2.75) is 25.8 Å². The highest BCUT2D eigenvalue weighted by atomic mass is 16.5. The van der Waals surface area contributed by atoms with Gasteiger partial charge in [0.15, 0.2) is 0 Å².